The molecule has 0 saturated heterocycles. The van der Waals surface area contributed by atoms with Crippen molar-refractivity contribution in [2.24, 2.45) is 5.92 Å². The molecule has 7 heteroatoms. The lowest BCUT2D eigenvalue weighted by Gasteiger charge is -2.19. The number of methoxy groups -OCH3 is 1. The van der Waals surface area contributed by atoms with Crippen molar-refractivity contribution in [2.45, 2.75) is 33.0 Å². The van der Waals surface area contributed by atoms with E-state index in [1.165, 1.54) is 7.11 Å². The van der Waals surface area contributed by atoms with Crippen LogP contribution in [0.5, 0.6) is 11.5 Å². The maximum Gasteiger partial charge on any atom is 0.320 e. The Kier molecular flexibility index (Phi) is 7.78. The van der Waals surface area contributed by atoms with Gasteiger partial charge in [-0.1, -0.05) is 49.2 Å². The molecule has 2 aromatic carbocycles. The molecule has 0 amide bonds. The number of hydrogen-bond acceptors (Lipinski definition) is 4. The fourth-order valence-electron chi connectivity index (χ4n) is 2.59. The van der Waals surface area contributed by atoms with Crippen LogP contribution in [0.25, 0.3) is 0 Å². The summed E-state index contributed by atoms with van der Waals surface area (Å²) in [6, 6.07) is 10.2. The number of rotatable bonds is 9. The summed E-state index contributed by atoms with van der Waals surface area (Å²) < 4.78 is 11.2. The van der Waals surface area contributed by atoms with Gasteiger partial charge in [0.2, 0.25) is 0 Å². The van der Waals surface area contributed by atoms with Gasteiger partial charge in [0.15, 0.2) is 11.5 Å². The second kappa shape index (κ2) is 9.83. The molecule has 0 radical (unpaired) electrons. The second-order valence-electron chi connectivity index (χ2n) is 6.46. The van der Waals surface area contributed by atoms with E-state index in [1.807, 2.05) is 26.0 Å². The average Bonchev–Trinajstić information content (AvgIpc) is 2.61. The zero-order valence-electron chi connectivity index (χ0n) is 15.5. The fourth-order valence-corrected chi connectivity index (χ4v) is 3.00. The Hall–Kier alpha value is -1.95. The second-order valence-corrected chi connectivity index (χ2v) is 7.31. The van der Waals surface area contributed by atoms with E-state index in [9.17, 15) is 9.90 Å². The molecule has 2 aromatic rings. The van der Waals surface area contributed by atoms with E-state index < -0.39 is 12.0 Å². The van der Waals surface area contributed by atoms with Crippen LogP contribution < -0.4 is 14.8 Å². The number of carbonyl (C=O) groups is 1. The smallest absolute Gasteiger partial charge is 0.320 e. The Bertz CT molecular complexity index is 778. The standard InChI is InChI=1S/C20H23Cl2NO4/c1-12(2)18(20(24)25)23-10-14-8-16(22)19(17(9-14)26-3)27-11-13-4-6-15(21)7-5-13/h4-9,12,18,23H,10-11H2,1-3H3,(H,24,25). The molecule has 5 nitrogen and oxygen atoms in total. The van der Waals surface area contributed by atoms with Gasteiger partial charge in [-0.2, -0.15) is 0 Å². The van der Waals surface area contributed by atoms with E-state index in [1.54, 1.807) is 24.3 Å². The van der Waals surface area contributed by atoms with Crippen LogP contribution in [0.2, 0.25) is 10.0 Å². The molecule has 146 valence electrons. The van der Waals surface area contributed by atoms with Crippen molar-refractivity contribution in [3.8, 4) is 11.5 Å². The van der Waals surface area contributed by atoms with Gasteiger partial charge in [0, 0.05) is 11.6 Å². The van der Waals surface area contributed by atoms with Crippen LogP contribution in [-0.4, -0.2) is 24.2 Å². The van der Waals surface area contributed by atoms with Crippen LogP contribution in [0, 0.1) is 5.92 Å². The number of halogens is 2. The minimum atomic E-state index is -0.883. The van der Waals surface area contributed by atoms with Gasteiger partial charge in [-0.15, -0.1) is 0 Å². The monoisotopic (exact) mass is 411 g/mol. The molecule has 2 N–H and O–H groups in total. The van der Waals surface area contributed by atoms with E-state index in [0.717, 1.165) is 11.1 Å². The van der Waals surface area contributed by atoms with Gasteiger partial charge in [-0.25, -0.2) is 0 Å². The number of hydrogen-bond donors (Lipinski definition) is 2. The van der Waals surface area contributed by atoms with Crippen molar-refractivity contribution in [3.05, 3.63) is 57.6 Å². The van der Waals surface area contributed by atoms with Gasteiger partial charge in [0.25, 0.3) is 0 Å². The molecular formula is C20H23Cl2NO4. The normalized spacial score (nSPS) is 12.1. The molecule has 0 aliphatic heterocycles. The fraction of sp³-hybridized carbons (Fsp3) is 0.350. The Morgan fingerprint density at radius 2 is 1.81 bits per heavy atom. The number of carboxylic acid groups (broad SMARTS) is 1. The Morgan fingerprint density at radius 1 is 1.15 bits per heavy atom. The topological polar surface area (TPSA) is 67.8 Å². The average molecular weight is 412 g/mol. The summed E-state index contributed by atoms with van der Waals surface area (Å²) in [7, 11) is 1.53. The van der Waals surface area contributed by atoms with Crippen molar-refractivity contribution in [3.63, 3.8) is 0 Å². The first-order chi connectivity index (χ1) is 12.8. The first-order valence-electron chi connectivity index (χ1n) is 8.51. The van der Waals surface area contributed by atoms with E-state index in [-0.39, 0.29) is 5.92 Å². The van der Waals surface area contributed by atoms with Crippen molar-refractivity contribution < 1.29 is 19.4 Å². The van der Waals surface area contributed by atoms with Crippen LogP contribution in [0.1, 0.15) is 25.0 Å². The molecule has 0 aliphatic carbocycles. The minimum absolute atomic E-state index is 0.0400. The molecule has 1 atom stereocenters. The molecule has 1 unspecified atom stereocenters. The predicted molar refractivity (Wildman–Crippen MR) is 107 cm³/mol. The van der Waals surface area contributed by atoms with Gasteiger partial charge in [0.1, 0.15) is 12.6 Å². The van der Waals surface area contributed by atoms with Gasteiger partial charge in [-0.05, 0) is 41.3 Å². The third-order valence-electron chi connectivity index (χ3n) is 4.04. The van der Waals surface area contributed by atoms with Crippen molar-refractivity contribution in [1.82, 2.24) is 5.32 Å². The zero-order valence-corrected chi connectivity index (χ0v) is 17.0. The van der Waals surface area contributed by atoms with E-state index in [2.05, 4.69) is 5.32 Å². The summed E-state index contributed by atoms with van der Waals surface area (Å²) in [6.45, 7) is 4.38. The van der Waals surface area contributed by atoms with Crippen LogP contribution in [0.3, 0.4) is 0 Å². The molecule has 0 fully saturated rings. The van der Waals surface area contributed by atoms with Gasteiger partial charge in [0.05, 0.1) is 12.1 Å². The highest BCUT2D eigenvalue weighted by Gasteiger charge is 2.21. The molecule has 0 heterocycles. The number of carboxylic acids is 1. The third kappa shape index (κ3) is 6.03. The molecule has 0 aliphatic rings. The zero-order chi connectivity index (χ0) is 20.0. The van der Waals surface area contributed by atoms with Crippen molar-refractivity contribution in [1.29, 1.82) is 0 Å². The van der Waals surface area contributed by atoms with E-state index in [4.69, 9.17) is 32.7 Å². The summed E-state index contributed by atoms with van der Waals surface area (Å²) in [5.74, 6) is 0.00836. The lowest BCUT2D eigenvalue weighted by molar-refractivity contribution is -0.140. The molecule has 0 aromatic heterocycles. The van der Waals surface area contributed by atoms with Gasteiger partial charge in [-0.3, -0.25) is 4.79 Å². The first kappa shape index (κ1) is 21.4. The Morgan fingerprint density at radius 3 is 2.37 bits per heavy atom. The lowest BCUT2D eigenvalue weighted by atomic mass is 10.0. The minimum Gasteiger partial charge on any atom is -0.493 e. The SMILES string of the molecule is COc1cc(CNC(C(=O)O)C(C)C)cc(Cl)c1OCc1ccc(Cl)cc1. The molecular weight excluding hydrogens is 389 g/mol. The number of benzene rings is 2. The predicted octanol–water partition coefficient (Wildman–Crippen LogP) is 4.78. The third-order valence-corrected chi connectivity index (χ3v) is 4.58. The maximum atomic E-state index is 11.3. The number of ether oxygens (including phenoxy) is 2. The molecule has 2 rings (SSSR count). The summed E-state index contributed by atoms with van der Waals surface area (Å²) in [5.41, 5.74) is 1.76. The number of nitrogens with one attached hydrogen (secondary N) is 1. The van der Waals surface area contributed by atoms with Crippen molar-refractivity contribution in [2.75, 3.05) is 7.11 Å². The number of aliphatic carboxylic acids is 1. The Labute approximate surface area is 169 Å². The van der Waals surface area contributed by atoms with E-state index in [0.29, 0.717) is 34.7 Å². The van der Waals surface area contributed by atoms with E-state index >= 15 is 0 Å². The summed E-state index contributed by atoms with van der Waals surface area (Å²) in [5, 5.41) is 13.4. The highest BCUT2D eigenvalue weighted by Crippen LogP contribution is 2.37. The summed E-state index contributed by atoms with van der Waals surface area (Å²) in [4.78, 5) is 11.3. The quantitative estimate of drug-likeness (QED) is 0.621. The Balaban J connectivity index is 2.11. The van der Waals surface area contributed by atoms with Crippen LogP contribution in [0.4, 0.5) is 0 Å². The molecule has 0 saturated carbocycles. The van der Waals surface area contributed by atoms with Crippen LogP contribution in [-0.2, 0) is 17.9 Å². The molecule has 0 bridgehead atoms. The maximum absolute atomic E-state index is 11.3. The van der Waals surface area contributed by atoms with Gasteiger partial charge >= 0.3 is 5.97 Å². The highest BCUT2D eigenvalue weighted by atomic mass is 35.5. The summed E-state index contributed by atoms with van der Waals surface area (Å²) >= 11 is 12.3. The molecule has 0 spiro atoms. The highest BCUT2D eigenvalue weighted by molar-refractivity contribution is 6.32. The first-order valence-corrected chi connectivity index (χ1v) is 9.27. The lowest BCUT2D eigenvalue weighted by Crippen LogP contribution is -2.40. The largest absolute Gasteiger partial charge is 0.493 e. The summed E-state index contributed by atoms with van der Waals surface area (Å²) in [6.07, 6.45) is 0. The molecule has 27 heavy (non-hydrogen) atoms. The van der Waals surface area contributed by atoms with Gasteiger partial charge < -0.3 is 19.9 Å². The van der Waals surface area contributed by atoms with Crippen LogP contribution in [0.15, 0.2) is 36.4 Å². The van der Waals surface area contributed by atoms with Crippen molar-refractivity contribution >= 4 is 29.2 Å². The van der Waals surface area contributed by atoms with Crippen LogP contribution >= 0.6 is 23.2 Å².